The van der Waals surface area contributed by atoms with Gasteiger partial charge in [-0.05, 0) is 29.8 Å². The highest BCUT2D eigenvalue weighted by molar-refractivity contribution is 6.21. The van der Waals surface area contributed by atoms with Crippen LogP contribution in [0.15, 0.2) is 42.5 Å². The van der Waals surface area contributed by atoms with Gasteiger partial charge in [-0.2, -0.15) is 0 Å². The van der Waals surface area contributed by atoms with Crippen molar-refractivity contribution in [2.24, 2.45) is 0 Å². The molecule has 4 nitrogen and oxygen atoms in total. The first kappa shape index (κ1) is 14.3. The van der Waals surface area contributed by atoms with Crippen molar-refractivity contribution in [3.05, 3.63) is 70.8 Å². The van der Waals surface area contributed by atoms with Crippen LogP contribution in [0.2, 0.25) is 0 Å². The van der Waals surface area contributed by atoms with Crippen LogP contribution in [0.5, 0.6) is 0 Å². The minimum Gasteiger partial charge on any atom is -0.387 e. The zero-order valence-corrected chi connectivity index (χ0v) is 11.3. The molecule has 0 radical (unpaired) electrons. The fourth-order valence-electron chi connectivity index (χ4n) is 2.40. The number of hydrogen-bond acceptors (Lipinski definition) is 3. The molecule has 0 bridgehead atoms. The number of amides is 2. The quantitative estimate of drug-likeness (QED) is 0.885. The number of carbonyl (C=O) groups is 2. The maximum Gasteiger partial charge on any atom is 0.261 e. The maximum atomic E-state index is 13.2. The van der Waals surface area contributed by atoms with Crippen molar-refractivity contribution in [3.63, 3.8) is 0 Å². The highest BCUT2D eigenvalue weighted by Gasteiger charge is 2.36. The van der Waals surface area contributed by atoms with E-state index < -0.39 is 29.6 Å². The van der Waals surface area contributed by atoms with Crippen molar-refractivity contribution < 1.29 is 23.5 Å². The number of nitrogens with zero attached hydrogens (tertiary/aromatic N) is 1. The molecule has 0 saturated carbocycles. The second-order valence-corrected chi connectivity index (χ2v) is 4.96. The summed E-state index contributed by atoms with van der Waals surface area (Å²) >= 11 is 0. The summed E-state index contributed by atoms with van der Waals surface area (Å²) in [4.78, 5) is 25.2. The predicted octanol–water partition coefficient (Wildman–Crippen LogP) is 2.29. The molecule has 1 unspecified atom stereocenters. The van der Waals surface area contributed by atoms with Gasteiger partial charge in [0, 0.05) is 0 Å². The molecule has 0 spiro atoms. The summed E-state index contributed by atoms with van der Waals surface area (Å²) in [5.41, 5.74) is 0.630. The van der Waals surface area contributed by atoms with E-state index in [1.54, 1.807) is 12.1 Å². The molecule has 1 atom stereocenters. The van der Waals surface area contributed by atoms with Crippen molar-refractivity contribution in [1.82, 2.24) is 4.90 Å². The molecule has 0 saturated heterocycles. The monoisotopic (exact) mass is 303 g/mol. The Morgan fingerprint density at radius 1 is 0.955 bits per heavy atom. The largest absolute Gasteiger partial charge is 0.387 e. The summed E-state index contributed by atoms with van der Waals surface area (Å²) in [6.07, 6.45) is -1.29. The lowest BCUT2D eigenvalue weighted by Crippen LogP contribution is -2.33. The zero-order chi connectivity index (χ0) is 15.9. The van der Waals surface area contributed by atoms with Crippen molar-refractivity contribution in [2.75, 3.05) is 6.54 Å². The number of halogens is 2. The molecule has 1 aliphatic heterocycles. The van der Waals surface area contributed by atoms with Gasteiger partial charge in [0.05, 0.1) is 23.8 Å². The van der Waals surface area contributed by atoms with Gasteiger partial charge in [0.2, 0.25) is 0 Å². The smallest absolute Gasteiger partial charge is 0.261 e. The van der Waals surface area contributed by atoms with E-state index in [9.17, 15) is 23.5 Å². The third kappa shape index (κ3) is 2.27. The van der Waals surface area contributed by atoms with Crippen LogP contribution in [0.4, 0.5) is 8.78 Å². The lowest BCUT2D eigenvalue weighted by Gasteiger charge is -2.18. The molecule has 2 aromatic carbocycles. The van der Waals surface area contributed by atoms with Crippen LogP contribution in [0, 0.1) is 11.6 Å². The number of carbonyl (C=O) groups excluding carboxylic acids is 2. The first-order chi connectivity index (χ1) is 10.5. The third-order valence-electron chi connectivity index (χ3n) is 3.56. The first-order valence-corrected chi connectivity index (χ1v) is 6.57. The summed E-state index contributed by atoms with van der Waals surface area (Å²) in [5.74, 6) is -3.15. The zero-order valence-electron chi connectivity index (χ0n) is 11.3. The van der Waals surface area contributed by atoms with Gasteiger partial charge < -0.3 is 5.11 Å². The average molecular weight is 303 g/mol. The summed E-state index contributed by atoms with van der Waals surface area (Å²) in [6.45, 7) is -0.322. The number of imide groups is 1. The van der Waals surface area contributed by atoms with Gasteiger partial charge in [-0.25, -0.2) is 8.78 Å². The fraction of sp³-hybridized carbons (Fsp3) is 0.125. The number of rotatable bonds is 3. The maximum absolute atomic E-state index is 13.2. The van der Waals surface area contributed by atoms with Gasteiger partial charge in [-0.3, -0.25) is 14.5 Å². The van der Waals surface area contributed by atoms with Crippen molar-refractivity contribution in [2.45, 2.75) is 6.10 Å². The molecule has 2 amide bonds. The van der Waals surface area contributed by atoms with E-state index in [1.807, 2.05) is 0 Å². The molecule has 0 aromatic heterocycles. The van der Waals surface area contributed by atoms with Crippen molar-refractivity contribution >= 4 is 11.8 Å². The van der Waals surface area contributed by atoms with Gasteiger partial charge in [-0.1, -0.05) is 18.2 Å². The Kier molecular flexibility index (Phi) is 3.46. The second-order valence-electron chi connectivity index (χ2n) is 4.96. The Balaban J connectivity index is 1.83. The van der Waals surface area contributed by atoms with Crippen LogP contribution in [-0.4, -0.2) is 28.4 Å². The Morgan fingerprint density at radius 2 is 1.55 bits per heavy atom. The summed E-state index contributed by atoms with van der Waals surface area (Å²) in [6, 6.07) is 9.27. The van der Waals surface area contributed by atoms with Crippen LogP contribution in [0.1, 0.15) is 32.4 Å². The molecule has 3 rings (SSSR count). The molecule has 0 fully saturated rings. The van der Waals surface area contributed by atoms with Crippen LogP contribution >= 0.6 is 0 Å². The van der Waals surface area contributed by atoms with E-state index in [1.165, 1.54) is 18.2 Å². The van der Waals surface area contributed by atoms with Crippen molar-refractivity contribution in [3.8, 4) is 0 Å². The Labute approximate surface area is 124 Å². The molecule has 112 valence electrons. The minimum absolute atomic E-state index is 0.0930. The van der Waals surface area contributed by atoms with Gasteiger partial charge in [-0.15, -0.1) is 0 Å². The van der Waals surface area contributed by atoms with Gasteiger partial charge in [0.15, 0.2) is 11.6 Å². The second kappa shape index (κ2) is 5.31. The van der Waals surface area contributed by atoms with Gasteiger partial charge >= 0.3 is 0 Å². The normalized spacial score (nSPS) is 15.1. The first-order valence-electron chi connectivity index (χ1n) is 6.57. The highest BCUT2D eigenvalue weighted by Crippen LogP contribution is 2.25. The van der Waals surface area contributed by atoms with Gasteiger partial charge in [0.25, 0.3) is 11.8 Å². The molecular weight excluding hydrogens is 292 g/mol. The van der Waals surface area contributed by atoms with Crippen LogP contribution in [-0.2, 0) is 0 Å². The van der Waals surface area contributed by atoms with Crippen molar-refractivity contribution in [1.29, 1.82) is 0 Å². The third-order valence-corrected chi connectivity index (χ3v) is 3.56. The number of β-amino-alcohol motifs (C(OH)–C–C–N with tert-alkyl or cyclic N) is 1. The van der Waals surface area contributed by atoms with E-state index >= 15 is 0 Å². The van der Waals surface area contributed by atoms with E-state index in [0.29, 0.717) is 0 Å². The number of aliphatic hydroxyl groups is 1. The molecule has 1 aliphatic rings. The molecule has 6 heteroatoms. The molecule has 0 aliphatic carbocycles. The number of fused-ring (bicyclic) bond motifs is 1. The van der Waals surface area contributed by atoms with E-state index in [-0.39, 0.29) is 23.2 Å². The summed E-state index contributed by atoms with van der Waals surface area (Å²) in [7, 11) is 0. The number of aliphatic hydroxyl groups excluding tert-OH is 1. The molecule has 22 heavy (non-hydrogen) atoms. The standard InChI is InChI=1S/C16H11F2NO3/c17-12-6-5-9(7-13(12)18)14(20)8-19-15(21)10-3-1-2-4-11(10)16(19)22/h1-7,14,20H,8H2. The Morgan fingerprint density at radius 3 is 2.09 bits per heavy atom. The van der Waals surface area contributed by atoms with Crippen LogP contribution in [0.25, 0.3) is 0 Å². The Hall–Kier alpha value is -2.60. The molecular formula is C16H11F2NO3. The highest BCUT2D eigenvalue weighted by atomic mass is 19.2. The van der Waals surface area contributed by atoms with Gasteiger partial charge in [0.1, 0.15) is 0 Å². The van der Waals surface area contributed by atoms with Crippen LogP contribution < -0.4 is 0 Å². The summed E-state index contributed by atoms with van der Waals surface area (Å²) in [5, 5.41) is 10.1. The lowest BCUT2D eigenvalue weighted by atomic mass is 10.1. The molecule has 1 N–H and O–H groups in total. The minimum atomic E-state index is -1.29. The lowest BCUT2D eigenvalue weighted by molar-refractivity contribution is 0.0543. The number of hydrogen-bond donors (Lipinski definition) is 1. The molecule has 1 heterocycles. The SMILES string of the molecule is O=C1c2ccccc2C(=O)N1CC(O)c1ccc(F)c(F)c1. The average Bonchev–Trinajstić information content (AvgIpc) is 2.75. The summed E-state index contributed by atoms with van der Waals surface area (Å²) < 4.78 is 26.1. The number of benzene rings is 2. The predicted molar refractivity (Wildman–Crippen MR) is 73.1 cm³/mol. The fourth-order valence-corrected chi connectivity index (χ4v) is 2.40. The van der Waals surface area contributed by atoms with Crippen LogP contribution in [0.3, 0.4) is 0 Å². The van der Waals surface area contributed by atoms with E-state index in [4.69, 9.17) is 0 Å². The topological polar surface area (TPSA) is 57.6 Å². The molecule has 2 aromatic rings. The Bertz CT molecular complexity index is 741. The van der Waals surface area contributed by atoms with E-state index in [2.05, 4.69) is 0 Å². The van der Waals surface area contributed by atoms with E-state index in [0.717, 1.165) is 17.0 Å².